The lowest BCUT2D eigenvalue weighted by atomic mass is 9.49. The molecule has 0 saturated heterocycles. The fraction of sp³-hybridized carbons (Fsp3) is 0.714. The van der Waals surface area contributed by atoms with Gasteiger partial charge in [0.05, 0.1) is 6.10 Å². The lowest BCUT2D eigenvalue weighted by Crippen LogP contribution is -2.56. The number of aliphatic hydroxyl groups excluding tert-OH is 1. The van der Waals surface area contributed by atoms with E-state index in [0.717, 1.165) is 30.4 Å². The van der Waals surface area contributed by atoms with Gasteiger partial charge in [0.15, 0.2) is 0 Å². The van der Waals surface area contributed by atoms with Crippen molar-refractivity contribution in [2.45, 2.75) is 77.4 Å². The maximum absolute atomic E-state index is 11.2. The quantitative estimate of drug-likeness (QED) is 0.828. The van der Waals surface area contributed by atoms with Gasteiger partial charge in [-0.2, -0.15) is 0 Å². The summed E-state index contributed by atoms with van der Waals surface area (Å²) in [5, 5.41) is 21.8. The molecule has 0 aromatic heterocycles. The van der Waals surface area contributed by atoms with Crippen molar-refractivity contribution in [3.63, 3.8) is 0 Å². The summed E-state index contributed by atoms with van der Waals surface area (Å²) in [6.45, 7) is 10.9. The SMILES string of the molecule is CO[C@H]1c2cc(C(C)C)c(O)cc2[C@@]2(C)CCCC(C)(C)[C@@H]2[C@H]1O. The van der Waals surface area contributed by atoms with Crippen molar-refractivity contribution in [3.05, 3.63) is 28.8 Å². The van der Waals surface area contributed by atoms with Gasteiger partial charge >= 0.3 is 0 Å². The third-order valence-electron chi connectivity index (χ3n) is 6.69. The van der Waals surface area contributed by atoms with Crippen LogP contribution in [0.1, 0.15) is 82.6 Å². The molecule has 0 amide bonds. The molecular formula is C21H32O3. The van der Waals surface area contributed by atoms with Crippen LogP contribution in [0.5, 0.6) is 5.75 Å². The zero-order valence-corrected chi connectivity index (χ0v) is 15.9. The highest BCUT2D eigenvalue weighted by molar-refractivity contribution is 5.50. The van der Waals surface area contributed by atoms with E-state index in [1.54, 1.807) is 7.11 Å². The molecule has 1 saturated carbocycles. The van der Waals surface area contributed by atoms with Crippen LogP contribution in [0, 0.1) is 11.3 Å². The summed E-state index contributed by atoms with van der Waals surface area (Å²) >= 11 is 0. The van der Waals surface area contributed by atoms with E-state index >= 15 is 0 Å². The van der Waals surface area contributed by atoms with E-state index in [2.05, 4.69) is 40.7 Å². The Morgan fingerprint density at radius 3 is 2.42 bits per heavy atom. The number of benzene rings is 1. The lowest BCUT2D eigenvalue weighted by Gasteiger charge is -2.57. The Morgan fingerprint density at radius 1 is 1.17 bits per heavy atom. The minimum absolute atomic E-state index is 0.0488. The van der Waals surface area contributed by atoms with Crippen LogP contribution in [0.3, 0.4) is 0 Å². The highest BCUT2D eigenvalue weighted by Gasteiger charge is 2.56. The van der Waals surface area contributed by atoms with Gasteiger partial charge in [-0.25, -0.2) is 0 Å². The predicted octanol–water partition coefficient (Wildman–Crippen LogP) is 4.66. The fourth-order valence-corrected chi connectivity index (χ4v) is 5.67. The summed E-state index contributed by atoms with van der Waals surface area (Å²) in [7, 11) is 1.68. The Balaban J connectivity index is 2.26. The molecule has 2 aliphatic carbocycles. The van der Waals surface area contributed by atoms with E-state index in [4.69, 9.17) is 4.74 Å². The summed E-state index contributed by atoms with van der Waals surface area (Å²) in [6, 6.07) is 4.02. The second-order valence-corrected chi connectivity index (χ2v) is 9.04. The Hall–Kier alpha value is -1.06. The van der Waals surface area contributed by atoms with Crippen molar-refractivity contribution in [1.82, 2.24) is 0 Å². The van der Waals surface area contributed by atoms with Gasteiger partial charge in [-0.1, -0.05) is 41.0 Å². The Kier molecular flexibility index (Phi) is 4.25. The van der Waals surface area contributed by atoms with Crippen LogP contribution in [-0.4, -0.2) is 23.4 Å². The van der Waals surface area contributed by atoms with Crippen molar-refractivity contribution in [2.75, 3.05) is 7.11 Å². The minimum Gasteiger partial charge on any atom is -0.508 e. The average molecular weight is 332 g/mol. The fourth-order valence-electron chi connectivity index (χ4n) is 5.67. The Bertz CT molecular complexity index is 634. The molecule has 4 atom stereocenters. The predicted molar refractivity (Wildman–Crippen MR) is 96.4 cm³/mol. The number of fused-ring (bicyclic) bond motifs is 3. The maximum atomic E-state index is 11.2. The van der Waals surface area contributed by atoms with Gasteiger partial charge in [0.25, 0.3) is 0 Å². The van der Waals surface area contributed by atoms with Crippen LogP contribution in [0.25, 0.3) is 0 Å². The first-order valence-corrected chi connectivity index (χ1v) is 9.21. The molecule has 0 radical (unpaired) electrons. The molecule has 3 heteroatoms. The summed E-state index contributed by atoms with van der Waals surface area (Å²) in [4.78, 5) is 0. The Labute approximate surface area is 146 Å². The van der Waals surface area contributed by atoms with Crippen LogP contribution in [-0.2, 0) is 10.2 Å². The number of ether oxygens (including phenoxy) is 1. The number of methoxy groups -OCH3 is 1. The number of phenolic OH excluding ortho intramolecular Hbond substituents is 1. The van der Waals surface area contributed by atoms with Crippen LogP contribution in [0.15, 0.2) is 12.1 Å². The van der Waals surface area contributed by atoms with Crippen molar-refractivity contribution < 1.29 is 14.9 Å². The van der Waals surface area contributed by atoms with E-state index in [-0.39, 0.29) is 28.8 Å². The van der Waals surface area contributed by atoms with Crippen LogP contribution in [0.2, 0.25) is 0 Å². The number of phenols is 1. The second-order valence-electron chi connectivity index (χ2n) is 9.04. The maximum Gasteiger partial charge on any atom is 0.119 e. The van der Waals surface area contributed by atoms with E-state index in [1.807, 2.05) is 6.07 Å². The molecule has 0 spiro atoms. The third-order valence-corrected chi connectivity index (χ3v) is 6.69. The van der Waals surface area contributed by atoms with Gasteiger partial charge < -0.3 is 14.9 Å². The molecule has 1 aromatic carbocycles. The molecule has 1 fully saturated rings. The molecule has 0 unspecified atom stereocenters. The van der Waals surface area contributed by atoms with Gasteiger partial charge in [0.2, 0.25) is 0 Å². The normalized spacial score (nSPS) is 34.8. The third kappa shape index (κ3) is 2.40. The number of hydrogen-bond acceptors (Lipinski definition) is 3. The molecule has 3 rings (SSSR count). The molecular weight excluding hydrogens is 300 g/mol. The minimum atomic E-state index is -0.521. The molecule has 24 heavy (non-hydrogen) atoms. The second kappa shape index (κ2) is 5.74. The highest BCUT2D eigenvalue weighted by Crippen LogP contribution is 2.60. The average Bonchev–Trinajstić information content (AvgIpc) is 2.46. The van der Waals surface area contributed by atoms with Gasteiger partial charge in [-0.15, -0.1) is 0 Å². The summed E-state index contributed by atoms with van der Waals surface area (Å²) in [5.41, 5.74) is 3.08. The zero-order valence-electron chi connectivity index (χ0n) is 15.9. The summed E-state index contributed by atoms with van der Waals surface area (Å²) in [5.74, 6) is 0.733. The molecule has 1 aromatic rings. The molecule has 0 aliphatic heterocycles. The molecule has 3 nitrogen and oxygen atoms in total. The van der Waals surface area contributed by atoms with Gasteiger partial charge in [0, 0.05) is 13.0 Å². The summed E-state index contributed by atoms with van der Waals surface area (Å²) in [6.07, 6.45) is 2.46. The van der Waals surface area contributed by atoms with E-state index in [1.165, 1.54) is 5.56 Å². The first-order chi connectivity index (χ1) is 11.1. The van der Waals surface area contributed by atoms with E-state index < -0.39 is 6.10 Å². The van der Waals surface area contributed by atoms with Gasteiger partial charge in [-0.3, -0.25) is 0 Å². The number of aliphatic hydroxyl groups is 1. The van der Waals surface area contributed by atoms with Crippen molar-refractivity contribution >= 4 is 0 Å². The lowest BCUT2D eigenvalue weighted by molar-refractivity contribution is -0.124. The smallest absolute Gasteiger partial charge is 0.119 e. The van der Waals surface area contributed by atoms with Gasteiger partial charge in [-0.05, 0) is 58.4 Å². The van der Waals surface area contributed by atoms with Crippen LogP contribution in [0.4, 0.5) is 0 Å². The molecule has 0 bridgehead atoms. The molecule has 2 N–H and O–H groups in total. The van der Waals surface area contributed by atoms with Crippen LogP contribution < -0.4 is 0 Å². The molecule has 2 aliphatic rings. The largest absolute Gasteiger partial charge is 0.508 e. The number of rotatable bonds is 2. The topological polar surface area (TPSA) is 49.7 Å². The number of hydrogen-bond donors (Lipinski definition) is 2. The van der Waals surface area contributed by atoms with Gasteiger partial charge in [0.1, 0.15) is 11.9 Å². The van der Waals surface area contributed by atoms with E-state index in [9.17, 15) is 10.2 Å². The van der Waals surface area contributed by atoms with E-state index in [0.29, 0.717) is 5.75 Å². The number of aromatic hydroxyl groups is 1. The van der Waals surface area contributed by atoms with Crippen molar-refractivity contribution in [3.8, 4) is 5.75 Å². The highest BCUT2D eigenvalue weighted by atomic mass is 16.5. The van der Waals surface area contributed by atoms with Crippen molar-refractivity contribution in [2.24, 2.45) is 11.3 Å². The zero-order chi connectivity index (χ0) is 17.9. The molecule has 134 valence electrons. The standard InChI is InChI=1S/C21H32O3/c1-12(2)13-10-14-15(11-16(13)22)21(5)9-7-8-20(3,4)19(21)17(23)18(14)24-6/h10-12,17-19,22-23H,7-9H2,1-6H3/t17-,18-,19-,21+/m0/s1. The Morgan fingerprint density at radius 2 is 1.83 bits per heavy atom. The first-order valence-electron chi connectivity index (χ1n) is 9.21. The van der Waals surface area contributed by atoms with Crippen molar-refractivity contribution in [1.29, 1.82) is 0 Å². The van der Waals surface area contributed by atoms with Crippen LogP contribution >= 0.6 is 0 Å². The first kappa shape index (κ1) is 17.8. The summed E-state index contributed by atoms with van der Waals surface area (Å²) < 4.78 is 5.76. The monoisotopic (exact) mass is 332 g/mol. The molecule has 0 heterocycles.